The molecule has 0 aromatic heterocycles. The summed E-state index contributed by atoms with van der Waals surface area (Å²) in [6, 6.07) is -1.90. The molecule has 0 rings (SSSR count). The molecule has 0 spiro atoms. The van der Waals surface area contributed by atoms with Crippen molar-refractivity contribution in [3.63, 3.8) is 0 Å². The first-order chi connectivity index (χ1) is 22.8. The van der Waals surface area contributed by atoms with Crippen molar-refractivity contribution in [2.24, 2.45) is 16.7 Å². The van der Waals surface area contributed by atoms with E-state index in [9.17, 15) is 34.0 Å². The summed E-state index contributed by atoms with van der Waals surface area (Å²) in [4.78, 5) is 54.8. The zero-order chi connectivity index (χ0) is 41.5. The Bertz CT molecular complexity index is 1220. The molecule has 0 bridgehead atoms. The van der Waals surface area contributed by atoms with Gasteiger partial charge in [0.25, 0.3) is 0 Å². The van der Waals surface area contributed by atoms with Crippen molar-refractivity contribution in [3.8, 4) is 0 Å². The van der Waals surface area contributed by atoms with Crippen LogP contribution in [0.15, 0.2) is 0 Å². The topological polar surface area (TPSA) is 169 Å². The van der Waals surface area contributed by atoms with E-state index in [2.05, 4.69) is 0 Å². The van der Waals surface area contributed by atoms with E-state index in [-0.39, 0.29) is 31.2 Å². The molecule has 0 aliphatic heterocycles. The van der Waals surface area contributed by atoms with E-state index in [1.54, 1.807) is 83.1 Å². The molecule has 306 valence electrons. The van der Waals surface area contributed by atoms with Crippen LogP contribution in [-0.2, 0) is 42.3 Å². The summed E-state index contributed by atoms with van der Waals surface area (Å²) in [7, 11) is -3.99. The lowest BCUT2D eigenvalue weighted by atomic mass is 9.70. The van der Waals surface area contributed by atoms with E-state index >= 15 is 0 Å². The number of aliphatic carboxylic acids is 2. The zero-order valence-corrected chi connectivity index (χ0v) is 36.5. The maximum Gasteiger partial charge on any atom is 0.345 e. The van der Waals surface area contributed by atoms with Crippen LogP contribution in [-0.4, -0.2) is 104 Å². The first kappa shape index (κ1) is 49.9. The van der Waals surface area contributed by atoms with Crippen LogP contribution in [0.4, 0.5) is 0 Å². The van der Waals surface area contributed by atoms with Crippen LogP contribution >= 0.6 is 7.60 Å². The standard InChI is InChI=1S/C38H73N2O11P/c1-33(2,3)23-28(26(21-29(41)42)34(4,5)6)40(25-52(47,50-37(13,14)15)51-38(16,17)18)20-19-39(24-31(45)48-35(7,8)9)27(22-30(43)44)32(46)49-36(10,11)12/h26-28H,19-25H2,1-18H3,(H,41,42)(H,43,44). The monoisotopic (exact) mass is 764 g/mol. The lowest BCUT2D eigenvalue weighted by molar-refractivity contribution is -0.167. The molecule has 13 nitrogen and oxygen atoms in total. The Kier molecular flexibility index (Phi) is 17.8. The third-order valence-corrected chi connectivity index (χ3v) is 9.72. The molecule has 0 aliphatic rings. The molecule has 0 heterocycles. The van der Waals surface area contributed by atoms with Gasteiger partial charge in [-0.25, -0.2) is 0 Å². The second kappa shape index (κ2) is 18.5. The van der Waals surface area contributed by atoms with Gasteiger partial charge in [0.1, 0.15) is 23.5 Å². The maximum atomic E-state index is 14.9. The number of rotatable bonds is 18. The van der Waals surface area contributed by atoms with E-state index in [0.717, 1.165) is 0 Å². The quantitative estimate of drug-likeness (QED) is 0.102. The van der Waals surface area contributed by atoms with Crippen LogP contribution in [0, 0.1) is 16.7 Å². The molecule has 0 saturated heterocycles. The Hall–Kier alpha value is -2.05. The van der Waals surface area contributed by atoms with Crippen molar-refractivity contribution in [3.05, 3.63) is 0 Å². The predicted octanol–water partition coefficient (Wildman–Crippen LogP) is 7.84. The van der Waals surface area contributed by atoms with E-state index in [4.69, 9.17) is 18.5 Å². The highest BCUT2D eigenvalue weighted by Crippen LogP contribution is 2.56. The summed E-state index contributed by atoms with van der Waals surface area (Å²) in [5.74, 6) is -4.24. The van der Waals surface area contributed by atoms with Crippen molar-refractivity contribution in [2.45, 2.75) is 178 Å². The van der Waals surface area contributed by atoms with Crippen LogP contribution < -0.4 is 0 Å². The second-order valence-corrected chi connectivity index (χ2v) is 21.9. The van der Waals surface area contributed by atoms with E-state index < -0.39 is 90.3 Å². The molecular formula is C38H73N2O11P. The molecule has 0 saturated carbocycles. The summed E-state index contributed by atoms with van der Waals surface area (Å²) >= 11 is 0. The fourth-order valence-electron chi connectivity index (χ4n) is 5.87. The molecule has 0 aromatic carbocycles. The van der Waals surface area contributed by atoms with Crippen molar-refractivity contribution in [1.29, 1.82) is 0 Å². The highest BCUT2D eigenvalue weighted by Gasteiger charge is 2.45. The van der Waals surface area contributed by atoms with Crippen LogP contribution in [0.25, 0.3) is 0 Å². The van der Waals surface area contributed by atoms with Crippen molar-refractivity contribution >= 4 is 31.5 Å². The van der Waals surface area contributed by atoms with Crippen LogP contribution in [0.3, 0.4) is 0 Å². The van der Waals surface area contributed by atoms with Gasteiger partial charge in [-0.2, -0.15) is 0 Å². The van der Waals surface area contributed by atoms with Crippen LogP contribution in [0.5, 0.6) is 0 Å². The largest absolute Gasteiger partial charge is 0.481 e. The summed E-state index contributed by atoms with van der Waals surface area (Å²) in [5.41, 5.74) is -4.45. The molecule has 0 radical (unpaired) electrons. The Labute approximate surface area is 314 Å². The third kappa shape index (κ3) is 22.2. The fourth-order valence-corrected chi connectivity index (χ4v) is 8.49. The van der Waals surface area contributed by atoms with Gasteiger partial charge in [0, 0.05) is 19.1 Å². The summed E-state index contributed by atoms with van der Waals surface area (Å²) in [6.07, 6.45) is -0.618. The molecule has 0 amide bonds. The molecule has 0 fully saturated rings. The van der Waals surface area contributed by atoms with Gasteiger partial charge in [0.15, 0.2) is 0 Å². The molecular weight excluding hydrogens is 691 g/mol. The van der Waals surface area contributed by atoms with Gasteiger partial charge in [0.2, 0.25) is 0 Å². The number of hydrogen-bond donors (Lipinski definition) is 2. The van der Waals surface area contributed by atoms with Crippen LogP contribution in [0.1, 0.15) is 144 Å². The summed E-state index contributed by atoms with van der Waals surface area (Å²) in [5, 5.41) is 20.1. The van der Waals surface area contributed by atoms with Gasteiger partial charge in [-0.15, -0.1) is 0 Å². The Morgan fingerprint density at radius 1 is 0.615 bits per heavy atom. The molecule has 0 aromatic rings. The van der Waals surface area contributed by atoms with E-state index in [1.807, 2.05) is 46.4 Å². The second-order valence-electron chi connectivity index (χ2n) is 20.1. The molecule has 14 heteroatoms. The number of carboxylic acid groups (broad SMARTS) is 2. The first-order valence-electron chi connectivity index (χ1n) is 18.2. The lowest BCUT2D eigenvalue weighted by Crippen LogP contribution is -2.54. The van der Waals surface area contributed by atoms with E-state index in [0.29, 0.717) is 6.42 Å². The minimum Gasteiger partial charge on any atom is -0.481 e. The first-order valence-corrected chi connectivity index (χ1v) is 19.9. The maximum absolute atomic E-state index is 14.9. The number of nitrogens with zero attached hydrogens (tertiary/aromatic N) is 2. The third-order valence-electron chi connectivity index (χ3n) is 7.36. The van der Waals surface area contributed by atoms with Gasteiger partial charge < -0.3 is 28.7 Å². The summed E-state index contributed by atoms with van der Waals surface area (Å²) < 4.78 is 38.6. The number of carbonyl (C=O) groups excluding carboxylic acids is 2. The Balaban J connectivity index is 7.70. The number of esters is 2. The van der Waals surface area contributed by atoms with Gasteiger partial charge in [-0.05, 0) is 106 Å². The average Bonchev–Trinajstić information content (AvgIpc) is 2.80. The smallest absolute Gasteiger partial charge is 0.345 e. The van der Waals surface area contributed by atoms with E-state index in [1.165, 1.54) is 4.90 Å². The lowest BCUT2D eigenvalue weighted by Gasteiger charge is -2.47. The highest BCUT2D eigenvalue weighted by molar-refractivity contribution is 7.53. The number of hydrogen-bond acceptors (Lipinski definition) is 11. The Morgan fingerprint density at radius 3 is 1.38 bits per heavy atom. The molecule has 52 heavy (non-hydrogen) atoms. The predicted molar refractivity (Wildman–Crippen MR) is 203 cm³/mol. The molecule has 3 unspecified atom stereocenters. The molecule has 2 N–H and O–H groups in total. The molecule has 3 atom stereocenters. The van der Waals surface area contributed by atoms with Crippen molar-refractivity contribution in [1.82, 2.24) is 9.80 Å². The normalized spacial score (nSPS) is 15.7. The van der Waals surface area contributed by atoms with Crippen molar-refractivity contribution in [2.75, 3.05) is 25.9 Å². The van der Waals surface area contributed by atoms with Gasteiger partial charge in [-0.3, -0.25) is 33.5 Å². The summed E-state index contributed by atoms with van der Waals surface area (Å²) in [6.45, 7) is 32.2. The highest BCUT2D eigenvalue weighted by atomic mass is 31.2. The fraction of sp³-hybridized carbons (Fsp3) is 0.895. The Morgan fingerprint density at radius 2 is 1.04 bits per heavy atom. The minimum absolute atomic E-state index is 0.0274. The average molecular weight is 765 g/mol. The number of carbonyl (C=O) groups is 4. The number of carboxylic acids is 2. The number of ether oxygens (including phenoxy) is 2. The van der Waals surface area contributed by atoms with Gasteiger partial charge in [-0.1, -0.05) is 41.5 Å². The van der Waals surface area contributed by atoms with Gasteiger partial charge >= 0.3 is 31.5 Å². The van der Waals surface area contributed by atoms with Crippen molar-refractivity contribution < 1.29 is 52.5 Å². The SMILES string of the molecule is CC(C)(C)CC(C(CC(=O)O)C(C)(C)C)N(CCN(CC(=O)OC(C)(C)C)C(CC(=O)O)C(=O)OC(C)(C)C)CP(=O)(OC(C)(C)C)OC(C)(C)C. The van der Waals surface area contributed by atoms with Crippen LogP contribution in [0.2, 0.25) is 0 Å². The molecule has 0 aliphatic carbocycles. The van der Waals surface area contributed by atoms with Gasteiger partial charge in [0.05, 0.1) is 30.6 Å². The minimum atomic E-state index is -3.99. The zero-order valence-electron chi connectivity index (χ0n) is 35.6.